The zero-order valence-corrected chi connectivity index (χ0v) is 14.2. The van der Waals surface area contributed by atoms with Crippen molar-refractivity contribution in [1.29, 1.82) is 0 Å². The second-order valence-corrected chi connectivity index (χ2v) is 6.83. The average molecular weight is 324 g/mol. The standard InChI is InChI=1S/C17H25N3O.ClH/c1-17(2,12-19-16(21)15-9-18-10-15)20-8-7-13-5-3-4-6-14(13)11-20;/h3-6,15,18H,7-12H2,1-2H3,(H,19,21);1H. The first-order chi connectivity index (χ1) is 10.1. The third kappa shape index (κ3) is 3.62. The van der Waals surface area contributed by atoms with Gasteiger partial charge in [-0.2, -0.15) is 0 Å². The molecular weight excluding hydrogens is 298 g/mol. The van der Waals surface area contributed by atoms with E-state index in [9.17, 15) is 4.79 Å². The fourth-order valence-corrected chi connectivity index (χ4v) is 3.05. The first kappa shape index (κ1) is 17.3. The second kappa shape index (κ2) is 6.99. The highest BCUT2D eigenvalue weighted by molar-refractivity contribution is 5.85. The van der Waals surface area contributed by atoms with Crippen LogP contribution in [0.1, 0.15) is 25.0 Å². The minimum atomic E-state index is -0.0135. The SMILES string of the molecule is CC(C)(CNC(=O)C1CNC1)N1CCc2ccccc2C1.Cl. The van der Waals surface area contributed by atoms with E-state index in [1.807, 2.05) is 0 Å². The molecular formula is C17H26ClN3O. The molecule has 0 bridgehead atoms. The largest absolute Gasteiger partial charge is 0.354 e. The summed E-state index contributed by atoms with van der Waals surface area (Å²) in [7, 11) is 0. The molecule has 0 radical (unpaired) electrons. The van der Waals surface area contributed by atoms with Crippen LogP contribution in [0.3, 0.4) is 0 Å². The molecule has 5 heteroatoms. The molecule has 22 heavy (non-hydrogen) atoms. The zero-order chi connectivity index (χ0) is 14.9. The summed E-state index contributed by atoms with van der Waals surface area (Å²) in [5, 5.41) is 6.27. The molecule has 0 saturated carbocycles. The molecule has 0 aliphatic carbocycles. The highest BCUT2D eigenvalue weighted by Gasteiger charge is 2.31. The molecule has 1 aromatic carbocycles. The van der Waals surface area contributed by atoms with Crippen molar-refractivity contribution in [2.45, 2.75) is 32.4 Å². The van der Waals surface area contributed by atoms with Gasteiger partial charge in [-0.05, 0) is 31.4 Å². The summed E-state index contributed by atoms with van der Waals surface area (Å²) in [5.41, 5.74) is 2.88. The number of carbonyl (C=O) groups is 1. The molecule has 0 aromatic heterocycles. The number of benzene rings is 1. The van der Waals surface area contributed by atoms with Crippen LogP contribution in [0.4, 0.5) is 0 Å². The quantitative estimate of drug-likeness (QED) is 0.884. The molecule has 2 N–H and O–H groups in total. The van der Waals surface area contributed by atoms with Crippen LogP contribution in [0.15, 0.2) is 24.3 Å². The van der Waals surface area contributed by atoms with E-state index in [0.29, 0.717) is 6.54 Å². The minimum absolute atomic E-state index is 0. The Morgan fingerprint density at radius 1 is 1.32 bits per heavy atom. The molecule has 0 spiro atoms. The first-order valence-corrected chi connectivity index (χ1v) is 7.86. The Kier molecular flexibility index (Phi) is 5.48. The van der Waals surface area contributed by atoms with Gasteiger partial charge in [-0.25, -0.2) is 0 Å². The van der Waals surface area contributed by atoms with Crippen LogP contribution in [0, 0.1) is 5.92 Å². The lowest BCUT2D eigenvalue weighted by Gasteiger charge is -2.42. The number of amides is 1. The normalized spacial score (nSPS) is 18.8. The number of hydrogen-bond acceptors (Lipinski definition) is 3. The molecule has 4 nitrogen and oxygen atoms in total. The van der Waals surface area contributed by atoms with E-state index in [2.05, 4.69) is 53.6 Å². The van der Waals surface area contributed by atoms with E-state index in [1.165, 1.54) is 11.1 Å². The van der Waals surface area contributed by atoms with Crippen LogP contribution in [0.2, 0.25) is 0 Å². The van der Waals surface area contributed by atoms with Gasteiger partial charge in [0.05, 0.1) is 5.92 Å². The van der Waals surface area contributed by atoms with Crippen molar-refractivity contribution < 1.29 is 4.79 Å². The van der Waals surface area contributed by atoms with Gasteiger partial charge in [-0.15, -0.1) is 12.4 Å². The molecule has 1 fully saturated rings. The number of fused-ring (bicyclic) bond motifs is 1. The predicted octanol–water partition coefficient (Wildman–Crippen LogP) is 1.58. The van der Waals surface area contributed by atoms with Crippen molar-refractivity contribution in [3.63, 3.8) is 0 Å². The third-order valence-corrected chi connectivity index (χ3v) is 4.83. The summed E-state index contributed by atoms with van der Waals surface area (Å²) in [6.45, 7) is 8.84. The highest BCUT2D eigenvalue weighted by atomic mass is 35.5. The van der Waals surface area contributed by atoms with Gasteiger partial charge in [0.15, 0.2) is 0 Å². The molecule has 3 rings (SSSR count). The predicted molar refractivity (Wildman–Crippen MR) is 91.3 cm³/mol. The van der Waals surface area contributed by atoms with E-state index in [4.69, 9.17) is 0 Å². The molecule has 122 valence electrons. The van der Waals surface area contributed by atoms with E-state index in [0.717, 1.165) is 32.6 Å². The summed E-state index contributed by atoms with van der Waals surface area (Å²) in [6, 6.07) is 8.68. The fraction of sp³-hybridized carbons (Fsp3) is 0.588. The van der Waals surface area contributed by atoms with E-state index in [-0.39, 0.29) is 29.8 Å². The van der Waals surface area contributed by atoms with Gasteiger partial charge in [0.2, 0.25) is 5.91 Å². The summed E-state index contributed by atoms with van der Waals surface area (Å²) in [5.74, 6) is 0.363. The number of halogens is 1. The van der Waals surface area contributed by atoms with E-state index < -0.39 is 0 Å². The van der Waals surface area contributed by atoms with Crippen molar-refractivity contribution in [3.05, 3.63) is 35.4 Å². The average Bonchev–Trinajstić information content (AvgIpc) is 2.43. The molecule has 2 aliphatic rings. The van der Waals surface area contributed by atoms with Crippen molar-refractivity contribution >= 4 is 18.3 Å². The van der Waals surface area contributed by atoms with Crippen LogP contribution in [0.25, 0.3) is 0 Å². The smallest absolute Gasteiger partial charge is 0.225 e. The molecule has 1 amide bonds. The fourth-order valence-electron chi connectivity index (χ4n) is 3.05. The maximum atomic E-state index is 12.0. The Hall–Kier alpha value is -1.10. The van der Waals surface area contributed by atoms with Gasteiger partial charge in [-0.1, -0.05) is 24.3 Å². The second-order valence-electron chi connectivity index (χ2n) is 6.83. The van der Waals surface area contributed by atoms with E-state index >= 15 is 0 Å². The van der Waals surface area contributed by atoms with Crippen molar-refractivity contribution in [2.24, 2.45) is 5.92 Å². The van der Waals surface area contributed by atoms with Gasteiger partial charge in [0, 0.05) is 38.3 Å². The lowest BCUT2D eigenvalue weighted by molar-refractivity contribution is -0.127. The number of nitrogens with one attached hydrogen (secondary N) is 2. The molecule has 2 heterocycles. The van der Waals surface area contributed by atoms with Crippen LogP contribution < -0.4 is 10.6 Å². The van der Waals surface area contributed by atoms with Gasteiger partial charge in [-0.3, -0.25) is 9.69 Å². The van der Waals surface area contributed by atoms with Crippen molar-refractivity contribution in [3.8, 4) is 0 Å². The number of rotatable bonds is 4. The minimum Gasteiger partial charge on any atom is -0.354 e. The van der Waals surface area contributed by atoms with Crippen molar-refractivity contribution in [1.82, 2.24) is 15.5 Å². The van der Waals surface area contributed by atoms with Gasteiger partial charge in [0.25, 0.3) is 0 Å². The molecule has 1 aromatic rings. The van der Waals surface area contributed by atoms with Gasteiger partial charge < -0.3 is 10.6 Å². The first-order valence-electron chi connectivity index (χ1n) is 7.86. The maximum absolute atomic E-state index is 12.0. The summed E-state index contributed by atoms with van der Waals surface area (Å²) in [6.07, 6.45) is 1.10. The van der Waals surface area contributed by atoms with E-state index in [1.54, 1.807) is 0 Å². The molecule has 1 saturated heterocycles. The topological polar surface area (TPSA) is 44.4 Å². The number of nitrogens with zero attached hydrogens (tertiary/aromatic N) is 1. The Morgan fingerprint density at radius 2 is 2.00 bits per heavy atom. The van der Waals surface area contributed by atoms with Gasteiger partial charge in [0.1, 0.15) is 0 Å². The molecule has 0 unspecified atom stereocenters. The Balaban J connectivity index is 0.00000176. The summed E-state index contributed by atoms with van der Waals surface area (Å²) < 4.78 is 0. The zero-order valence-electron chi connectivity index (χ0n) is 13.4. The Morgan fingerprint density at radius 3 is 2.64 bits per heavy atom. The van der Waals surface area contributed by atoms with Crippen LogP contribution >= 0.6 is 12.4 Å². The lowest BCUT2D eigenvalue weighted by Crippen LogP contribution is -2.56. The number of hydrogen-bond donors (Lipinski definition) is 2. The monoisotopic (exact) mass is 323 g/mol. The Bertz CT molecular complexity index is 528. The third-order valence-electron chi connectivity index (χ3n) is 4.83. The van der Waals surface area contributed by atoms with Crippen LogP contribution in [-0.4, -0.2) is 42.5 Å². The molecule has 2 aliphatic heterocycles. The van der Waals surface area contributed by atoms with Gasteiger partial charge >= 0.3 is 0 Å². The Labute approximate surface area is 139 Å². The van der Waals surface area contributed by atoms with Crippen molar-refractivity contribution in [2.75, 3.05) is 26.2 Å². The molecule has 0 atom stereocenters. The number of carbonyl (C=O) groups excluding carboxylic acids is 1. The summed E-state index contributed by atoms with van der Waals surface area (Å²) >= 11 is 0. The maximum Gasteiger partial charge on any atom is 0.225 e. The highest BCUT2D eigenvalue weighted by Crippen LogP contribution is 2.25. The summed E-state index contributed by atoms with van der Waals surface area (Å²) in [4.78, 5) is 14.5. The van der Waals surface area contributed by atoms with Crippen LogP contribution in [-0.2, 0) is 17.8 Å². The van der Waals surface area contributed by atoms with Crippen LogP contribution in [0.5, 0.6) is 0 Å². The lowest BCUT2D eigenvalue weighted by atomic mass is 9.93.